The number of pyridine rings is 2. The van der Waals surface area contributed by atoms with E-state index >= 15 is 0 Å². The molecule has 26 heavy (non-hydrogen) atoms. The summed E-state index contributed by atoms with van der Waals surface area (Å²) < 4.78 is 16.3. The first-order chi connectivity index (χ1) is 12.7. The Morgan fingerprint density at radius 3 is 2.73 bits per heavy atom. The second kappa shape index (κ2) is 6.78. The van der Waals surface area contributed by atoms with Crippen molar-refractivity contribution < 1.29 is 14.0 Å². The normalized spacial score (nSPS) is 18.6. The minimum Gasteiger partial charge on any atom is -0.495 e. The molecule has 0 aromatic carbocycles. The quantitative estimate of drug-likeness (QED) is 0.670. The Morgan fingerprint density at radius 2 is 2.04 bits per heavy atom. The smallest absolute Gasteiger partial charge is 0.221 e. The van der Waals surface area contributed by atoms with Crippen molar-refractivity contribution in [3.05, 3.63) is 53.8 Å². The zero-order valence-electron chi connectivity index (χ0n) is 15.1. The van der Waals surface area contributed by atoms with Gasteiger partial charge in [0.15, 0.2) is 0 Å². The summed E-state index contributed by atoms with van der Waals surface area (Å²) in [6.45, 7) is 4.49. The zero-order valence-corrected chi connectivity index (χ0v) is 15.1. The number of aromatic nitrogens is 3. The third kappa shape index (κ3) is 3.27. The average molecular weight is 351 g/mol. The molecular formula is C20H21N3O3. The molecule has 4 rings (SSSR count). The molecule has 0 saturated heterocycles. The number of methoxy groups -OCH3 is 1. The van der Waals surface area contributed by atoms with Gasteiger partial charge in [-0.25, -0.2) is 4.98 Å². The number of hydrogen-bond acceptors (Lipinski definition) is 6. The molecule has 0 aliphatic heterocycles. The van der Waals surface area contributed by atoms with Crippen LogP contribution in [0.15, 0.2) is 41.2 Å². The number of hydrogen-bond donors (Lipinski definition) is 0. The predicted molar refractivity (Wildman–Crippen MR) is 96.3 cm³/mol. The molecule has 6 heteroatoms. The third-order valence-electron chi connectivity index (χ3n) is 4.77. The molecule has 0 spiro atoms. The van der Waals surface area contributed by atoms with Gasteiger partial charge in [-0.2, -0.15) is 0 Å². The summed E-state index contributed by atoms with van der Waals surface area (Å²) in [5.41, 5.74) is 4.66. The van der Waals surface area contributed by atoms with E-state index < -0.39 is 0 Å². The Morgan fingerprint density at radius 1 is 1.15 bits per heavy atom. The van der Waals surface area contributed by atoms with Crippen LogP contribution in [0.1, 0.15) is 29.4 Å². The molecule has 3 aromatic rings. The molecular weight excluding hydrogens is 330 g/mol. The Bertz CT molecular complexity index is 905. The molecule has 1 saturated carbocycles. The fourth-order valence-corrected chi connectivity index (χ4v) is 3.11. The SMILES string of the molecule is COc1ccc([C@H]2C[C@@H]2COc2nc(C)ccc2-c2conc2C)nc1. The van der Waals surface area contributed by atoms with Crippen LogP contribution in [0.4, 0.5) is 0 Å². The minimum absolute atomic E-state index is 0.437. The second-order valence-electron chi connectivity index (χ2n) is 6.66. The van der Waals surface area contributed by atoms with Gasteiger partial charge in [-0.05, 0) is 44.5 Å². The van der Waals surface area contributed by atoms with Crippen LogP contribution in [-0.4, -0.2) is 28.8 Å². The molecule has 0 bridgehead atoms. The fraction of sp³-hybridized carbons (Fsp3) is 0.350. The lowest BCUT2D eigenvalue weighted by molar-refractivity contribution is 0.286. The van der Waals surface area contributed by atoms with E-state index in [1.165, 1.54) is 0 Å². The number of rotatable bonds is 6. The highest BCUT2D eigenvalue weighted by atomic mass is 16.5. The summed E-state index contributed by atoms with van der Waals surface area (Å²) >= 11 is 0. The van der Waals surface area contributed by atoms with E-state index in [-0.39, 0.29) is 0 Å². The van der Waals surface area contributed by atoms with Gasteiger partial charge in [0.1, 0.15) is 12.0 Å². The lowest BCUT2D eigenvalue weighted by atomic mass is 10.1. The van der Waals surface area contributed by atoms with E-state index in [0.717, 1.165) is 40.4 Å². The maximum atomic E-state index is 6.08. The second-order valence-corrected chi connectivity index (χ2v) is 6.66. The molecule has 6 nitrogen and oxygen atoms in total. The summed E-state index contributed by atoms with van der Waals surface area (Å²) in [4.78, 5) is 9.05. The van der Waals surface area contributed by atoms with Crippen molar-refractivity contribution in [1.82, 2.24) is 15.1 Å². The Balaban J connectivity index is 1.45. The van der Waals surface area contributed by atoms with Gasteiger partial charge in [0.05, 0.1) is 25.6 Å². The number of aryl methyl sites for hydroxylation is 2. The van der Waals surface area contributed by atoms with Gasteiger partial charge in [-0.3, -0.25) is 4.98 Å². The topological polar surface area (TPSA) is 70.3 Å². The van der Waals surface area contributed by atoms with Crippen LogP contribution in [0, 0.1) is 19.8 Å². The monoisotopic (exact) mass is 351 g/mol. The lowest BCUT2D eigenvalue weighted by Gasteiger charge is -2.10. The summed E-state index contributed by atoms with van der Waals surface area (Å²) in [7, 11) is 1.65. The van der Waals surface area contributed by atoms with Crippen LogP contribution in [0.5, 0.6) is 11.6 Å². The van der Waals surface area contributed by atoms with Gasteiger partial charge >= 0.3 is 0 Å². The van der Waals surface area contributed by atoms with Crippen molar-refractivity contribution in [2.75, 3.05) is 13.7 Å². The first-order valence-corrected chi connectivity index (χ1v) is 8.67. The molecule has 0 unspecified atom stereocenters. The highest BCUT2D eigenvalue weighted by Crippen LogP contribution is 2.47. The zero-order chi connectivity index (χ0) is 18.1. The summed E-state index contributed by atoms with van der Waals surface area (Å²) in [6.07, 6.45) is 4.48. The van der Waals surface area contributed by atoms with Crippen LogP contribution in [-0.2, 0) is 0 Å². The maximum Gasteiger partial charge on any atom is 0.221 e. The van der Waals surface area contributed by atoms with Crippen molar-refractivity contribution in [1.29, 1.82) is 0 Å². The Labute approximate surface area is 152 Å². The molecule has 3 heterocycles. The molecule has 3 aromatic heterocycles. The molecule has 1 aliphatic rings. The van der Waals surface area contributed by atoms with Gasteiger partial charge in [-0.15, -0.1) is 0 Å². The molecule has 2 atom stereocenters. The predicted octanol–water partition coefficient (Wildman–Crippen LogP) is 3.94. The fourth-order valence-electron chi connectivity index (χ4n) is 3.11. The minimum atomic E-state index is 0.437. The van der Waals surface area contributed by atoms with Gasteiger partial charge in [0.25, 0.3) is 0 Å². The summed E-state index contributed by atoms with van der Waals surface area (Å²) in [6, 6.07) is 7.95. The van der Waals surface area contributed by atoms with E-state index in [1.807, 2.05) is 38.1 Å². The molecule has 1 fully saturated rings. The van der Waals surface area contributed by atoms with E-state index in [0.29, 0.717) is 24.3 Å². The third-order valence-corrected chi connectivity index (χ3v) is 4.77. The number of nitrogens with zero attached hydrogens (tertiary/aromatic N) is 3. The van der Waals surface area contributed by atoms with Crippen molar-refractivity contribution in [2.24, 2.45) is 5.92 Å². The molecule has 0 amide bonds. The van der Waals surface area contributed by atoms with Crippen molar-refractivity contribution in [2.45, 2.75) is 26.2 Å². The largest absolute Gasteiger partial charge is 0.495 e. The van der Waals surface area contributed by atoms with E-state index in [9.17, 15) is 0 Å². The first kappa shape index (κ1) is 16.6. The van der Waals surface area contributed by atoms with E-state index in [1.54, 1.807) is 19.6 Å². The van der Waals surface area contributed by atoms with Crippen molar-refractivity contribution in [3.63, 3.8) is 0 Å². The molecule has 134 valence electrons. The van der Waals surface area contributed by atoms with Crippen LogP contribution < -0.4 is 9.47 Å². The van der Waals surface area contributed by atoms with Gasteiger partial charge in [-0.1, -0.05) is 5.16 Å². The summed E-state index contributed by atoms with van der Waals surface area (Å²) in [5, 5.41) is 3.95. The van der Waals surface area contributed by atoms with E-state index in [4.69, 9.17) is 14.0 Å². The lowest BCUT2D eigenvalue weighted by Crippen LogP contribution is -2.05. The Kier molecular flexibility index (Phi) is 4.32. The standard InChI is InChI=1S/C20H21N3O3/c1-12-4-6-16(18-11-26-23-13(18)2)20(22-12)25-10-14-8-17(14)19-7-5-15(24-3)9-21-19/h4-7,9,11,14,17H,8,10H2,1-3H3/t14-,17+/m1/s1. The van der Waals surface area contributed by atoms with Crippen molar-refractivity contribution in [3.8, 4) is 22.8 Å². The van der Waals surface area contributed by atoms with E-state index in [2.05, 4.69) is 15.1 Å². The molecule has 0 radical (unpaired) electrons. The van der Waals surface area contributed by atoms with Crippen LogP contribution in [0.25, 0.3) is 11.1 Å². The molecule has 0 N–H and O–H groups in total. The van der Waals surface area contributed by atoms with Crippen LogP contribution in [0.3, 0.4) is 0 Å². The highest BCUT2D eigenvalue weighted by molar-refractivity contribution is 5.69. The van der Waals surface area contributed by atoms with Crippen LogP contribution in [0.2, 0.25) is 0 Å². The Hall–Kier alpha value is -2.89. The van der Waals surface area contributed by atoms with Gasteiger partial charge < -0.3 is 14.0 Å². The first-order valence-electron chi connectivity index (χ1n) is 8.67. The average Bonchev–Trinajstić information content (AvgIpc) is 3.32. The van der Waals surface area contributed by atoms with Gasteiger partial charge in [0.2, 0.25) is 5.88 Å². The number of ether oxygens (including phenoxy) is 2. The van der Waals surface area contributed by atoms with Crippen LogP contribution >= 0.6 is 0 Å². The molecule has 1 aliphatic carbocycles. The highest BCUT2D eigenvalue weighted by Gasteiger charge is 2.40. The van der Waals surface area contributed by atoms with Crippen molar-refractivity contribution >= 4 is 0 Å². The summed E-state index contributed by atoms with van der Waals surface area (Å²) in [5.74, 6) is 2.30. The van der Waals surface area contributed by atoms with Gasteiger partial charge in [0, 0.05) is 34.4 Å². The maximum absolute atomic E-state index is 6.08.